The van der Waals surface area contributed by atoms with Gasteiger partial charge in [-0.05, 0) is 28.9 Å². The van der Waals surface area contributed by atoms with E-state index in [0.29, 0.717) is 18.1 Å². The number of hydrogen-bond donors (Lipinski definition) is 1. The molecule has 0 aliphatic heterocycles. The molecule has 0 aliphatic rings. The van der Waals surface area contributed by atoms with Gasteiger partial charge in [0.1, 0.15) is 12.4 Å². The van der Waals surface area contributed by atoms with Gasteiger partial charge >= 0.3 is 0 Å². The van der Waals surface area contributed by atoms with Crippen LogP contribution in [-0.2, 0) is 18.0 Å². The molecular formula is C17H17BrN8O2. The van der Waals surface area contributed by atoms with Crippen molar-refractivity contribution in [1.82, 2.24) is 34.2 Å². The van der Waals surface area contributed by atoms with Crippen LogP contribution in [0.25, 0.3) is 17.0 Å². The third-order valence-corrected chi connectivity index (χ3v) is 4.61. The molecule has 0 fully saturated rings. The normalized spacial score (nSPS) is 11.2. The number of methoxy groups -OCH3 is 1. The lowest BCUT2D eigenvalue weighted by Crippen LogP contribution is -2.12. The topological polar surface area (TPSA) is 104 Å². The van der Waals surface area contributed by atoms with Crippen LogP contribution in [0.1, 0.15) is 17.4 Å². The van der Waals surface area contributed by atoms with E-state index in [1.807, 2.05) is 23.9 Å². The molecule has 0 atom stereocenters. The molecule has 0 aromatic carbocycles. The molecule has 4 rings (SSSR count). The van der Waals surface area contributed by atoms with Crippen molar-refractivity contribution >= 4 is 33.2 Å². The van der Waals surface area contributed by atoms with Crippen molar-refractivity contribution in [2.75, 3.05) is 12.4 Å². The summed E-state index contributed by atoms with van der Waals surface area (Å²) in [6, 6.07) is 3.44. The molecule has 0 spiro atoms. The Hall–Kier alpha value is -3.05. The van der Waals surface area contributed by atoms with Crippen molar-refractivity contribution in [2.24, 2.45) is 0 Å². The maximum absolute atomic E-state index is 12.6. The maximum atomic E-state index is 12.6. The Balaban J connectivity index is 1.65. The van der Waals surface area contributed by atoms with Crippen LogP contribution in [0.5, 0.6) is 0 Å². The smallest absolute Gasteiger partial charge is 0.276 e. The number of ether oxygens (including phenoxy) is 1. The zero-order valence-corrected chi connectivity index (χ0v) is 16.8. The van der Waals surface area contributed by atoms with Gasteiger partial charge in [-0.3, -0.25) is 9.48 Å². The average molecular weight is 445 g/mol. The minimum atomic E-state index is -0.355. The van der Waals surface area contributed by atoms with Crippen LogP contribution in [-0.4, -0.2) is 47.2 Å². The molecule has 0 bridgehead atoms. The summed E-state index contributed by atoms with van der Waals surface area (Å²) in [7, 11) is 1.57. The van der Waals surface area contributed by atoms with E-state index in [-0.39, 0.29) is 11.6 Å². The first-order valence-electron chi connectivity index (χ1n) is 8.50. The second-order valence-electron chi connectivity index (χ2n) is 5.95. The molecule has 0 saturated carbocycles. The van der Waals surface area contributed by atoms with E-state index in [1.165, 1.54) is 0 Å². The van der Waals surface area contributed by atoms with Crippen LogP contribution < -0.4 is 5.32 Å². The van der Waals surface area contributed by atoms with Crippen molar-refractivity contribution in [3.63, 3.8) is 0 Å². The first-order chi connectivity index (χ1) is 13.6. The van der Waals surface area contributed by atoms with E-state index in [9.17, 15) is 4.79 Å². The molecule has 11 heteroatoms. The number of aromatic nitrogens is 7. The summed E-state index contributed by atoms with van der Waals surface area (Å²) in [5.41, 5.74) is 2.80. The molecule has 0 unspecified atom stereocenters. The summed E-state index contributed by atoms with van der Waals surface area (Å²) >= 11 is 3.53. The van der Waals surface area contributed by atoms with Gasteiger partial charge in [-0.2, -0.15) is 15.3 Å². The SMILES string of the molecule is CCn1cc(Br)c(-c2ccnc3cc(C(=O)Nc4cnn(COC)c4)nn23)n1. The second-order valence-corrected chi connectivity index (χ2v) is 6.81. The molecule has 1 N–H and O–H groups in total. The van der Waals surface area contributed by atoms with Crippen LogP contribution in [0, 0.1) is 0 Å². The van der Waals surface area contributed by atoms with Gasteiger partial charge in [0.05, 0.1) is 28.2 Å². The molecule has 0 saturated heterocycles. The summed E-state index contributed by atoms with van der Waals surface area (Å²) in [5.74, 6) is -0.355. The monoisotopic (exact) mass is 444 g/mol. The second kappa shape index (κ2) is 7.52. The Labute approximate surface area is 168 Å². The molecule has 4 heterocycles. The van der Waals surface area contributed by atoms with Gasteiger partial charge in [0.15, 0.2) is 11.3 Å². The van der Waals surface area contributed by atoms with Gasteiger partial charge < -0.3 is 10.1 Å². The molecular weight excluding hydrogens is 428 g/mol. The van der Waals surface area contributed by atoms with Crippen molar-refractivity contribution in [3.8, 4) is 11.4 Å². The summed E-state index contributed by atoms with van der Waals surface area (Å²) in [6.07, 6.45) is 6.79. The lowest BCUT2D eigenvalue weighted by molar-refractivity contribution is 0.102. The fourth-order valence-corrected chi connectivity index (χ4v) is 3.26. The van der Waals surface area contributed by atoms with Gasteiger partial charge in [-0.15, -0.1) is 0 Å². The van der Waals surface area contributed by atoms with Crippen LogP contribution in [0.3, 0.4) is 0 Å². The summed E-state index contributed by atoms with van der Waals surface area (Å²) in [6.45, 7) is 3.06. The highest BCUT2D eigenvalue weighted by Gasteiger charge is 2.17. The summed E-state index contributed by atoms with van der Waals surface area (Å²) < 4.78 is 10.8. The van der Waals surface area contributed by atoms with E-state index in [1.54, 1.807) is 41.0 Å². The highest BCUT2D eigenvalue weighted by Crippen LogP contribution is 2.27. The van der Waals surface area contributed by atoms with E-state index < -0.39 is 0 Å². The minimum absolute atomic E-state index is 0.241. The number of carbonyl (C=O) groups is 1. The van der Waals surface area contributed by atoms with Gasteiger partial charge in [-0.1, -0.05) is 0 Å². The van der Waals surface area contributed by atoms with Gasteiger partial charge in [0.2, 0.25) is 0 Å². The van der Waals surface area contributed by atoms with Gasteiger partial charge in [0, 0.05) is 32.1 Å². The lowest BCUT2D eigenvalue weighted by Gasteiger charge is -2.02. The average Bonchev–Trinajstić information content (AvgIpc) is 3.39. The number of aryl methyl sites for hydroxylation is 1. The van der Waals surface area contributed by atoms with Crippen LogP contribution in [0.2, 0.25) is 0 Å². The fraction of sp³-hybridized carbons (Fsp3) is 0.235. The molecule has 28 heavy (non-hydrogen) atoms. The lowest BCUT2D eigenvalue weighted by atomic mass is 10.3. The van der Waals surface area contributed by atoms with Crippen molar-refractivity contribution in [2.45, 2.75) is 20.2 Å². The number of carbonyl (C=O) groups excluding carboxylic acids is 1. The molecule has 10 nitrogen and oxygen atoms in total. The predicted molar refractivity (Wildman–Crippen MR) is 105 cm³/mol. The van der Waals surface area contributed by atoms with Crippen molar-refractivity contribution in [1.29, 1.82) is 0 Å². The first kappa shape index (κ1) is 18.3. The van der Waals surface area contributed by atoms with E-state index >= 15 is 0 Å². The van der Waals surface area contributed by atoms with Crippen molar-refractivity contribution in [3.05, 3.63) is 47.1 Å². The summed E-state index contributed by atoms with van der Waals surface area (Å²) in [4.78, 5) is 16.9. The largest absolute Gasteiger partial charge is 0.362 e. The van der Waals surface area contributed by atoms with Gasteiger partial charge in [-0.25, -0.2) is 14.2 Å². The number of hydrogen-bond acceptors (Lipinski definition) is 6. The Morgan fingerprint density at radius 2 is 2.14 bits per heavy atom. The quantitative estimate of drug-likeness (QED) is 0.489. The Morgan fingerprint density at radius 3 is 2.89 bits per heavy atom. The third kappa shape index (κ3) is 3.41. The standard InChI is InChI=1S/C17H17BrN8O2/c1-3-24-9-12(18)16(23-24)14-4-5-19-15-6-13(22-26(14)15)17(27)21-11-7-20-25(8-11)10-28-2/h4-9H,3,10H2,1-2H3,(H,21,27). The number of halogens is 1. The molecule has 4 aromatic heterocycles. The van der Waals surface area contributed by atoms with E-state index in [0.717, 1.165) is 22.4 Å². The van der Waals surface area contributed by atoms with Crippen molar-refractivity contribution < 1.29 is 9.53 Å². The number of amides is 1. The predicted octanol–water partition coefficient (Wildman–Crippen LogP) is 2.43. The highest BCUT2D eigenvalue weighted by molar-refractivity contribution is 9.10. The summed E-state index contributed by atoms with van der Waals surface area (Å²) in [5, 5.41) is 15.8. The molecule has 0 radical (unpaired) electrons. The maximum Gasteiger partial charge on any atom is 0.276 e. The zero-order chi connectivity index (χ0) is 19.7. The van der Waals surface area contributed by atoms with E-state index in [4.69, 9.17) is 4.74 Å². The Bertz CT molecular complexity index is 1150. The van der Waals surface area contributed by atoms with Crippen LogP contribution in [0.15, 0.2) is 41.4 Å². The van der Waals surface area contributed by atoms with Crippen LogP contribution >= 0.6 is 15.9 Å². The number of nitrogens with one attached hydrogen (secondary N) is 1. The number of anilines is 1. The number of nitrogens with zero attached hydrogens (tertiary/aromatic N) is 7. The molecule has 0 aliphatic carbocycles. The highest BCUT2D eigenvalue weighted by atomic mass is 79.9. The number of rotatable bonds is 6. The third-order valence-electron chi connectivity index (χ3n) is 4.03. The van der Waals surface area contributed by atoms with Gasteiger partial charge in [0.25, 0.3) is 5.91 Å². The van der Waals surface area contributed by atoms with E-state index in [2.05, 4.69) is 41.5 Å². The zero-order valence-electron chi connectivity index (χ0n) is 15.2. The molecule has 144 valence electrons. The Kier molecular flexibility index (Phi) is 4.92. The molecule has 1 amide bonds. The number of fused-ring (bicyclic) bond motifs is 1. The molecule has 4 aromatic rings. The van der Waals surface area contributed by atoms with Crippen LogP contribution in [0.4, 0.5) is 5.69 Å². The Morgan fingerprint density at radius 1 is 1.29 bits per heavy atom. The minimum Gasteiger partial charge on any atom is -0.362 e. The fourth-order valence-electron chi connectivity index (χ4n) is 2.74. The first-order valence-corrected chi connectivity index (χ1v) is 9.29.